The molecule has 0 N–H and O–H groups in total. The molecule has 0 radical (unpaired) electrons. The first kappa shape index (κ1) is 13.7. The summed E-state index contributed by atoms with van der Waals surface area (Å²) < 4.78 is 1.58. The van der Waals surface area contributed by atoms with E-state index in [4.69, 9.17) is 0 Å². The topological polar surface area (TPSA) is 34.1 Å². The van der Waals surface area contributed by atoms with Gasteiger partial charge < -0.3 is 0 Å². The molecule has 2 aromatic rings. The molecule has 0 aliphatic carbocycles. The third-order valence-corrected chi connectivity index (χ3v) is 4.32. The van der Waals surface area contributed by atoms with Gasteiger partial charge >= 0.3 is 0 Å². The smallest absolute Gasteiger partial charge is 0.234 e. The highest BCUT2D eigenvalue weighted by atomic mass is 127. The van der Waals surface area contributed by atoms with Gasteiger partial charge in [0.05, 0.1) is 0 Å². The van der Waals surface area contributed by atoms with Crippen molar-refractivity contribution < 1.29 is 9.59 Å². The van der Waals surface area contributed by atoms with Crippen LogP contribution in [-0.4, -0.2) is 11.6 Å². The van der Waals surface area contributed by atoms with Crippen LogP contribution >= 0.6 is 45.2 Å². The molecular formula is C14H8I2O2. The maximum absolute atomic E-state index is 12.2. The van der Waals surface area contributed by atoms with E-state index >= 15 is 0 Å². The van der Waals surface area contributed by atoms with Crippen molar-refractivity contribution in [3.63, 3.8) is 0 Å². The predicted octanol–water partition coefficient (Wildman–Crippen LogP) is 3.96. The summed E-state index contributed by atoms with van der Waals surface area (Å²) in [5.74, 6) is -0.909. The van der Waals surface area contributed by atoms with Gasteiger partial charge in [-0.2, -0.15) is 0 Å². The van der Waals surface area contributed by atoms with Crippen molar-refractivity contribution >= 4 is 56.7 Å². The van der Waals surface area contributed by atoms with E-state index < -0.39 is 11.6 Å². The summed E-state index contributed by atoms with van der Waals surface area (Å²) in [6, 6.07) is 14.2. The van der Waals surface area contributed by atoms with Crippen molar-refractivity contribution in [3.05, 3.63) is 66.8 Å². The zero-order chi connectivity index (χ0) is 13.1. The molecule has 18 heavy (non-hydrogen) atoms. The van der Waals surface area contributed by atoms with Gasteiger partial charge in [-0.15, -0.1) is 0 Å². The molecule has 0 saturated carbocycles. The first-order valence-corrected chi connectivity index (χ1v) is 7.35. The Morgan fingerprint density at radius 2 is 1.00 bits per heavy atom. The van der Waals surface area contributed by atoms with Crippen molar-refractivity contribution in [2.24, 2.45) is 0 Å². The van der Waals surface area contributed by atoms with Crippen LogP contribution in [0.25, 0.3) is 0 Å². The third kappa shape index (κ3) is 2.80. The van der Waals surface area contributed by atoms with E-state index in [1.165, 1.54) is 0 Å². The van der Waals surface area contributed by atoms with Crippen molar-refractivity contribution in [3.8, 4) is 0 Å². The monoisotopic (exact) mass is 462 g/mol. The summed E-state index contributed by atoms with van der Waals surface area (Å²) in [7, 11) is 0. The summed E-state index contributed by atoms with van der Waals surface area (Å²) >= 11 is 4.12. The molecule has 0 aliphatic heterocycles. The molecule has 0 amide bonds. The van der Waals surface area contributed by atoms with E-state index in [0.717, 1.165) is 7.14 Å². The Morgan fingerprint density at radius 3 is 1.33 bits per heavy atom. The largest absolute Gasteiger partial charge is 0.285 e. The second kappa shape index (κ2) is 5.92. The average molecular weight is 462 g/mol. The Kier molecular flexibility index (Phi) is 4.50. The van der Waals surface area contributed by atoms with Gasteiger partial charge in [-0.3, -0.25) is 9.59 Å². The highest BCUT2D eigenvalue weighted by Crippen LogP contribution is 2.17. The highest BCUT2D eigenvalue weighted by molar-refractivity contribution is 14.1. The van der Waals surface area contributed by atoms with Crippen LogP contribution in [0.5, 0.6) is 0 Å². The summed E-state index contributed by atoms with van der Waals surface area (Å²) in [5.41, 5.74) is 0.922. The molecule has 0 saturated heterocycles. The Labute approximate surface area is 132 Å². The van der Waals surface area contributed by atoms with E-state index in [-0.39, 0.29) is 0 Å². The Hall–Kier alpha value is -0.760. The van der Waals surface area contributed by atoms with Crippen LogP contribution < -0.4 is 0 Å². The van der Waals surface area contributed by atoms with Gasteiger partial charge in [0, 0.05) is 18.3 Å². The quantitative estimate of drug-likeness (QED) is 0.394. The molecule has 2 aromatic carbocycles. The van der Waals surface area contributed by atoms with Gasteiger partial charge in [-0.05, 0) is 69.4 Å². The normalized spacial score (nSPS) is 10.1. The highest BCUT2D eigenvalue weighted by Gasteiger charge is 2.21. The fourth-order valence-electron chi connectivity index (χ4n) is 1.54. The molecule has 0 unspecified atom stereocenters. The van der Waals surface area contributed by atoms with E-state index in [1.807, 2.05) is 24.3 Å². The van der Waals surface area contributed by atoms with Crippen LogP contribution in [0.1, 0.15) is 20.7 Å². The number of carbonyl (C=O) groups excluding carboxylic acids is 2. The van der Waals surface area contributed by atoms with Crippen LogP contribution in [0.2, 0.25) is 0 Å². The molecule has 0 heterocycles. The SMILES string of the molecule is O=C(C(=O)c1ccccc1I)c1ccccc1I. The zero-order valence-electron chi connectivity index (χ0n) is 9.19. The molecule has 0 spiro atoms. The lowest BCUT2D eigenvalue weighted by Gasteiger charge is -2.04. The van der Waals surface area contributed by atoms with Crippen molar-refractivity contribution in [2.45, 2.75) is 0 Å². The van der Waals surface area contributed by atoms with E-state index in [0.29, 0.717) is 11.1 Å². The van der Waals surface area contributed by atoms with Gasteiger partial charge in [-0.1, -0.05) is 24.3 Å². The van der Waals surface area contributed by atoms with E-state index in [1.54, 1.807) is 24.3 Å². The molecular weight excluding hydrogens is 454 g/mol. The fraction of sp³-hybridized carbons (Fsp3) is 0. The fourth-order valence-corrected chi connectivity index (χ4v) is 2.80. The maximum Gasteiger partial charge on any atom is 0.234 e. The number of halogens is 2. The molecule has 90 valence electrons. The lowest BCUT2D eigenvalue weighted by molar-refractivity contribution is 0.0816. The number of carbonyl (C=O) groups is 2. The van der Waals surface area contributed by atoms with Crippen molar-refractivity contribution in [2.75, 3.05) is 0 Å². The molecule has 2 rings (SSSR count). The Bertz CT molecular complexity index is 565. The molecule has 0 bridgehead atoms. The second-order valence-electron chi connectivity index (χ2n) is 3.62. The van der Waals surface area contributed by atoms with Crippen LogP contribution in [-0.2, 0) is 0 Å². The first-order chi connectivity index (χ1) is 8.61. The second-order valence-corrected chi connectivity index (χ2v) is 5.94. The Balaban J connectivity index is 2.39. The minimum atomic E-state index is -0.455. The van der Waals surface area contributed by atoms with E-state index in [9.17, 15) is 9.59 Å². The average Bonchev–Trinajstić information content (AvgIpc) is 2.38. The van der Waals surface area contributed by atoms with Crippen LogP contribution in [0.15, 0.2) is 48.5 Å². The predicted molar refractivity (Wildman–Crippen MR) is 87.0 cm³/mol. The number of hydrogen-bond acceptors (Lipinski definition) is 2. The number of rotatable bonds is 3. The van der Waals surface area contributed by atoms with E-state index in [2.05, 4.69) is 45.2 Å². The van der Waals surface area contributed by atoms with Gasteiger partial charge in [0.15, 0.2) is 0 Å². The van der Waals surface area contributed by atoms with Gasteiger partial charge in [0.25, 0.3) is 0 Å². The summed E-state index contributed by atoms with van der Waals surface area (Å²) in [5, 5.41) is 0. The molecule has 0 aliphatic rings. The zero-order valence-corrected chi connectivity index (χ0v) is 13.5. The number of ketones is 2. The number of Topliss-reactive ketones (excluding diaryl/α,β-unsaturated/α-hetero) is 2. The minimum absolute atomic E-state index is 0.455. The molecule has 0 atom stereocenters. The molecule has 0 aromatic heterocycles. The molecule has 2 nitrogen and oxygen atoms in total. The van der Waals surface area contributed by atoms with Crippen molar-refractivity contribution in [1.29, 1.82) is 0 Å². The lowest BCUT2D eigenvalue weighted by Crippen LogP contribution is -2.16. The molecule has 4 heteroatoms. The van der Waals surface area contributed by atoms with Crippen LogP contribution in [0.3, 0.4) is 0 Å². The standard InChI is InChI=1S/C14H8I2O2/c15-11-7-3-1-5-9(11)13(17)14(18)10-6-2-4-8-12(10)16/h1-8H. The summed E-state index contributed by atoms with van der Waals surface area (Å²) in [6.45, 7) is 0. The first-order valence-electron chi connectivity index (χ1n) is 5.19. The number of hydrogen-bond donors (Lipinski definition) is 0. The van der Waals surface area contributed by atoms with Gasteiger partial charge in [-0.25, -0.2) is 0 Å². The Morgan fingerprint density at radius 1 is 0.667 bits per heavy atom. The number of benzene rings is 2. The van der Waals surface area contributed by atoms with Crippen LogP contribution in [0, 0.1) is 7.14 Å². The maximum atomic E-state index is 12.2. The lowest BCUT2D eigenvalue weighted by atomic mass is 10.0. The summed E-state index contributed by atoms with van der Waals surface area (Å²) in [6.07, 6.45) is 0. The molecule has 0 fully saturated rings. The summed E-state index contributed by atoms with van der Waals surface area (Å²) in [4.78, 5) is 24.3. The minimum Gasteiger partial charge on any atom is -0.285 e. The van der Waals surface area contributed by atoms with Crippen molar-refractivity contribution in [1.82, 2.24) is 0 Å². The van der Waals surface area contributed by atoms with Crippen LogP contribution in [0.4, 0.5) is 0 Å². The third-order valence-electron chi connectivity index (χ3n) is 2.44. The van der Waals surface area contributed by atoms with Gasteiger partial charge in [0.1, 0.15) is 0 Å². The van der Waals surface area contributed by atoms with Gasteiger partial charge in [0.2, 0.25) is 11.6 Å².